The molecule has 20 heavy (non-hydrogen) atoms. The van der Waals surface area contributed by atoms with E-state index < -0.39 is 46.2 Å². The molecule has 0 saturated heterocycles. The fraction of sp³-hybridized carbons (Fsp3) is 0. The third-order valence-electron chi connectivity index (χ3n) is 2.40. The Morgan fingerprint density at radius 2 is 1.85 bits per heavy atom. The Morgan fingerprint density at radius 1 is 1.15 bits per heavy atom. The van der Waals surface area contributed by atoms with Crippen molar-refractivity contribution in [2.75, 3.05) is 11.1 Å². The molecule has 0 aliphatic heterocycles. The lowest BCUT2D eigenvalue weighted by molar-refractivity contribution is 0.102. The summed E-state index contributed by atoms with van der Waals surface area (Å²) in [6, 6.07) is 1.88. The number of nitrogen functional groups attached to an aromatic ring is 1. The zero-order valence-corrected chi connectivity index (χ0v) is 9.75. The van der Waals surface area contributed by atoms with Crippen LogP contribution in [0.1, 0.15) is 10.4 Å². The van der Waals surface area contributed by atoms with Crippen LogP contribution in [-0.2, 0) is 0 Å². The number of benzene rings is 1. The number of hydrogen-bond donors (Lipinski definition) is 2. The third kappa shape index (κ3) is 2.53. The van der Waals surface area contributed by atoms with Crippen molar-refractivity contribution in [2.45, 2.75) is 0 Å². The summed E-state index contributed by atoms with van der Waals surface area (Å²) in [4.78, 5) is 15.1. The number of anilines is 2. The van der Waals surface area contributed by atoms with Gasteiger partial charge in [-0.05, 0) is 6.07 Å². The fourth-order valence-electron chi connectivity index (χ4n) is 1.47. The summed E-state index contributed by atoms with van der Waals surface area (Å²) < 4.78 is 52.8. The quantitative estimate of drug-likeness (QED) is 0.658. The Balaban J connectivity index is 2.35. The normalized spacial score (nSPS) is 10.4. The third-order valence-corrected chi connectivity index (χ3v) is 2.40. The van der Waals surface area contributed by atoms with E-state index in [4.69, 9.17) is 5.73 Å². The lowest BCUT2D eigenvalue weighted by Gasteiger charge is -2.08. The van der Waals surface area contributed by atoms with Gasteiger partial charge in [-0.15, -0.1) is 0 Å². The summed E-state index contributed by atoms with van der Waals surface area (Å²) in [7, 11) is 0. The molecule has 4 nitrogen and oxygen atoms in total. The SMILES string of the molecule is Nc1nccc(C(=O)Nc2cc(F)cc(F)c2F)c1F. The second-order valence-corrected chi connectivity index (χ2v) is 3.76. The van der Waals surface area contributed by atoms with Crippen molar-refractivity contribution in [1.82, 2.24) is 4.98 Å². The van der Waals surface area contributed by atoms with Gasteiger partial charge in [0.2, 0.25) is 0 Å². The fourth-order valence-corrected chi connectivity index (χ4v) is 1.47. The number of hydrogen-bond acceptors (Lipinski definition) is 3. The van der Waals surface area contributed by atoms with Crippen LogP contribution in [0.2, 0.25) is 0 Å². The maximum atomic E-state index is 13.5. The smallest absolute Gasteiger partial charge is 0.258 e. The number of amides is 1. The minimum atomic E-state index is -1.48. The van der Waals surface area contributed by atoms with Gasteiger partial charge in [0.1, 0.15) is 5.82 Å². The maximum Gasteiger partial charge on any atom is 0.258 e. The summed E-state index contributed by atoms with van der Waals surface area (Å²) in [6.45, 7) is 0. The van der Waals surface area contributed by atoms with Crippen molar-refractivity contribution in [3.8, 4) is 0 Å². The molecule has 3 N–H and O–H groups in total. The van der Waals surface area contributed by atoms with Crippen molar-refractivity contribution >= 4 is 17.4 Å². The largest absolute Gasteiger partial charge is 0.381 e. The molecule has 1 amide bonds. The molecule has 0 spiro atoms. The Morgan fingerprint density at radius 3 is 2.55 bits per heavy atom. The summed E-state index contributed by atoms with van der Waals surface area (Å²) in [5.74, 6) is -6.77. The van der Waals surface area contributed by atoms with Gasteiger partial charge in [0.15, 0.2) is 23.3 Å². The Bertz CT molecular complexity index is 691. The van der Waals surface area contributed by atoms with Crippen molar-refractivity contribution in [2.24, 2.45) is 0 Å². The number of carbonyl (C=O) groups is 1. The molecule has 0 fully saturated rings. The van der Waals surface area contributed by atoms with Crippen LogP contribution in [0.15, 0.2) is 24.4 Å². The Hall–Kier alpha value is -2.64. The number of rotatable bonds is 2. The minimum Gasteiger partial charge on any atom is -0.381 e. The molecule has 0 aliphatic carbocycles. The van der Waals surface area contributed by atoms with E-state index in [0.29, 0.717) is 12.1 Å². The second kappa shape index (κ2) is 5.16. The van der Waals surface area contributed by atoms with Crippen LogP contribution in [0.4, 0.5) is 29.1 Å². The number of nitrogens with zero attached hydrogens (tertiary/aromatic N) is 1. The highest BCUT2D eigenvalue weighted by Gasteiger charge is 2.18. The molecule has 8 heteroatoms. The average molecular weight is 285 g/mol. The van der Waals surface area contributed by atoms with Gasteiger partial charge in [-0.25, -0.2) is 22.5 Å². The Labute approximate surface area is 110 Å². The number of nitrogens with two attached hydrogens (primary N) is 1. The standard InChI is InChI=1S/C12H7F4N3O/c13-5-3-7(14)10(16)8(4-5)19-12(20)6-1-2-18-11(17)9(6)15/h1-4H,(H2,17,18)(H,19,20). The highest BCUT2D eigenvalue weighted by Crippen LogP contribution is 2.21. The lowest BCUT2D eigenvalue weighted by atomic mass is 10.2. The van der Waals surface area contributed by atoms with Gasteiger partial charge in [0.05, 0.1) is 11.3 Å². The molecule has 0 radical (unpaired) electrons. The number of pyridine rings is 1. The van der Waals surface area contributed by atoms with Crippen LogP contribution in [0.3, 0.4) is 0 Å². The van der Waals surface area contributed by atoms with Gasteiger partial charge in [-0.1, -0.05) is 0 Å². The molecule has 0 bridgehead atoms. The summed E-state index contributed by atoms with van der Waals surface area (Å²) in [5.41, 5.74) is 3.90. The van der Waals surface area contributed by atoms with Gasteiger partial charge >= 0.3 is 0 Å². The van der Waals surface area contributed by atoms with E-state index >= 15 is 0 Å². The number of nitrogens with one attached hydrogen (secondary N) is 1. The van der Waals surface area contributed by atoms with Crippen LogP contribution in [-0.4, -0.2) is 10.9 Å². The van der Waals surface area contributed by atoms with Crippen LogP contribution in [0.25, 0.3) is 0 Å². The number of aromatic nitrogens is 1. The van der Waals surface area contributed by atoms with E-state index in [1.807, 2.05) is 5.32 Å². The van der Waals surface area contributed by atoms with Gasteiger partial charge in [-0.2, -0.15) is 0 Å². The molecular formula is C12H7F4N3O. The van der Waals surface area contributed by atoms with Gasteiger partial charge in [-0.3, -0.25) is 4.79 Å². The average Bonchev–Trinajstić information content (AvgIpc) is 2.38. The van der Waals surface area contributed by atoms with Crippen molar-refractivity contribution in [3.63, 3.8) is 0 Å². The first-order chi connectivity index (χ1) is 9.40. The highest BCUT2D eigenvalue weighted by atomic mass is 19.2. The van der Waals surface area contributed by atoms with Crippen molar-refractivity contribution in [1.29, 1.82) is 0 Å². The minimum absolute atomic E-state index is 0.315. The summed E-state index contributed by atoms with van der Waals surface area (Å²) in [5, 5.41) is 1.86. The van der Waals surface area contributed by atoms with Gasteiger partial charge in [0, 0.05) is 18.3 Å². The van der Waals surface area contributed by atoms with E-state index in [-0.39, 0.29) is 0 Å². The molecule has 1 aromatic carbocycles. The van der Waals surface area contributed by atoms with E-state index in [2.05, 4.69) is 4.98 Å². The van der Waals surface area contributed by atoms with E-state index in [9.17, 15) is 22.4 Å². The molecule has 1 aromatic heterocycles. The summed E-state index contributed by atoms with van der Waals surface area (Å²) >= 11 is 0. The highest BCUT2D eigenvalue weighted by molar-refractivity contribution is 6.04. The van der Waals surface area contributed by atoms with E-state index in [1.165, 1.54) is 0 Å². The first-order valence-corrected chi connectivity index (χ1v) is 5.26. The number of carbonyl (C=O) groups excluding carboxylic acids is 1. The van der Waals surface area contributed by atoms with Gasteiger partial charge < -0.3 is 11.1 Å². The molecule has 0 unspecified atom stereocenters. The number of halogens is 4. The monoisotopic (exact) mass is 285 g/mol. The van der Waals surface area contributed by atoms with E-state index in [0.717, 1.165) is 12.3 Å². The molecule has 2 aromatic rings. The molecule has 0 saturated carbocycles. The molecule has 2 rings (SSSR count). The summed E-state index contributed by atoms with van der Waals surface area (Å²) in [6.07, 6.45) is 1.07. The van der Waals surface area contributed by atoms with Crippen molar-refractivity contribution < 1.29 is 22.4 Å². The van der Waals surface area contributed by atoms with E-state index in [1.54, 1.807) is 0 Å². The topological polar surface area (TPSA) is 68.0 Å². The zero-order valence-electron chi connectivity index (χ0n) is 9.75. The molecule has 1 heterocycles. The Kier molecular flexibility index (Phi) is 3.55. The second-order valence-electron chi connectivity index (χ2n) is 3.76. The van der Waals surface area contributed by atoms with Crippen LogP contribution in [0, 0.1) is 23.3 Å². The van der Waals surface area contributed by atoms with Crippen LogP contribution in [0.5, 0.6) is 0 Å². The van der Waals surface area contributed by atoms with Crippen LogP contribution >= 0.6 is 0 Å². The van der Waals surface area contributed by atoms with Crippen LogP contribution < -0.4 is 11.1 Å². The molecule has 0 aliphatic rings. The van der Waals surface area contributed by atoms with Gasteiger partial charge in [0.25, 0.3) is 5.91 Å². The predicted molar refractivity (Wildman–Crippen MR) is 62.9 cm³/mol. The zero-order chi connectivity index (χ0) is 14.9. The maximum absolute atomic E-state index is 13.5. The predicted octanol–water partition coefficient (Wildman–Crippen LogP) is 2.47. The van der Waals surface area contributed by atoms with Crippen molar-refractivity contribution in [3.05, 3.63) is 53.2 Å². The first-order valence-electron chi connectivity index (χ1n) is 5.26. The molecule has 104 valence electrons. The lowest BCUT2D eigenvalue weighted by Crippen LogP contribution is -2.16. The molecule has 0 atom stereocenters. The molecular weight excluding hydrogens is 278 g/mol. The first kappa shape index (κ1) is 13.8.